The maximum atomic E-state index is 9.32. The lowest BCUT2D eigenvalue weighted by Gasteiger charge is -2.31. The van der Waals surface area contributed by atoms with Crippen molar-refractivity contribution in [3.05, 3.63) is 10.4 Å². The van der Waals surface area contributed by atoms with Crippen LogP contribution in [0.2, 0.25) is 0 Å². The molecule has 2 aliphatic rings. The number of aliphatic hydroxyl groups is 2. The van der Waals surface area contributed by atoms with Crippen molar-refractivity contribution < 1.29 is 24.4 Å². The number of hydrogen-bond donors (Lipinski definition) is 2. The van der Waals surface area contributed by atoms with E-state index < -0.39 is 43.0 Å². The maximum Gasteiger partial charge on any atom is 0.188 e. The van der Waals surface area contributed by atoms with Gasteiger partial charge in [0.1, 0.15) is 17.7 Å². The average molecular weight is 245 g/mol. The minimum Gasteiger partial charge on any atom is -0.393 e. The first-order chi connectivity index (χ1) is 7.98. The Balaban J connectivity index is 2.30. The molecular formula is C9H15N3O5. The Bertz CT molecular complexity index is 351. The Morgan fingerprint density at radius 2 is 1.88 bits per heavy atom. The second-order valence-corrected chi connectivity index (χ2v) is 4.62. The monoisotopic (exact) mass is 245 g/mol. The van der Waals surface area contributed by atoms with E-state index in [0.717, 1.165) is 0 Å². The summed E-state index contributed by atoms with van der Waals surface area (Å²) in [4.78, 5) is 2.70. The van der Waals surface area contributed by atoms with Crippen molar-refractivity contribution in [2.45, 2.75) is 43.7 Å². The Kier molecular flexibility index (Phi) is 3.03. The number of rotatable bonds is 3. The highest BCUT2D eigenvalue weighted by Gasteiger charge is 2.61. The molecule has 8 heteroatoms. The van der Waals surface area contributed by atoms with Crippen LogP contribution in [0.4, 0.5) is 0 Å². The van der Waals surface area contributed by atoms with E-state index in [0.29, 0.717) is 0 Å². The molecule has 0 aromatic rings. The number of hydrogen-bond acceptors (Lipinski definition) is 6. The molecule has 0 bridgehead atoms. The second kappa shape index (κ2) is 4.09. The summed E-state index contributed by atoms with van der Waals surface area (Å²) < 4.78 is 16.5. The van der Waals surface area contributed by atoms with Crippen molar-refractivity contribution in [1.29, 1.82) is 0 Å². The number of azide groups is 1. The lowest BCUT2D eigenvalue weighted by Crippen LogP contribution is -2.49. The third kappa shape index (κ3) is 1.89. The molecular weight excluding hydrogens is 230 g/mol. The Hall–Kier alpha value is -0.890. The lowest BCUT2D eigenvalue weighted by molar-refractivity contribution is -0.239. The highest BCUT2D eigenvalue weighted by molar-refractivity contribution is 5.07. The Morgan fingerprint density at radius 3 is 2.41 bits per heavy atom. The van der Waals surface area contributed by atoms with Crippen molar-refractivity contribution in [3.8, 4) is 0 Å². The van der Waals surface area contributed by atoms with E-state index in [1.54, 1.807) is 13.8 Å². The molecule has 8 nitrogen and oxygen atoms in total. The van der Waals surface area contributed by atoms with Crippen molar-refractivity contribution in [1.82, 2.24) is 0 Å². The lowest BCUT2D eigenvalue weighted by atomic mass is 9.95. The molecule has 0 saturated carbocycles. The van der Waals surface area contributed by atoms with Crippen LogP contribution in [0, 0.1) is 0 Å². The smallest absolute Gasteiger partial charge is 0.188 e. The van der Waals surface area contributed by atoms with Crippen molar-refractivity contribution in [3.63, 3.8) is 0 Å². The van der Waals surface area contributed by atoms with Gasteiger partial charge in [0.05, 0.1) is 13.2 Å². The number of ether oxygens (including phenoxy) is 3. The van der Waals surface area contributed by atoms with Gasteiger partial charge in [0.2, 0.25) is 0 Å². The molecule has 2 saturated heterocycles. The minimum absolute atomic E-state index is 0.479. The zero-order chi connectivity index (χ0) is 12.7. The fourth-order valence-electron chi connectivity index (χ4n) is 2.20. The average Bonchev–Trinajstić information content (AvgIpc) is 2.71. The largest absolute Gasteiger partial charge is 0.393 e. The first-order valence-electron chi connectivity index (χ1n) is 5.27. The van der Waals surface area contributed by atoms with E-state index in [4.69, 9.17) is 19.7 Å². The summed E-state index contributed by atoms with van der Waals surface area (Å²) in [7, 11) is 0. The van der Waals surface area contributed by atoms with Crippen LogP contribution in [0.3, 0.4) is 0 Å². The highest BCUT2D eigenvalue weighted by atomic mass is 16.8. The van der Waals surface area contributed by atoms with E-state index in [9.17, 15) is 10.2 Å². The van der Waals surface area contributed by atoms with Gasteiger partial charge in [-0.3, -0.25) is 0 Å². The molecule has 0 spiro atoms. The van der Waals surface area contributed by atoms with Gasteiger partial charge in [-0.25, -0.2) is 0 Å². The van der Waals surface area contributed by atoms with Gasteiger partial charge in [-0.05, 0) is 19.4 Å². The number of fused-ring (bicyclic) bond motifs is 1. The molecule has 2 heterocycles. The zero-order valence-electron chi connectivity index (χ0n) is 9.61. The molecule has 2 aliphatic heterocycles. The predicted octanol–water partition coefficient (Wildman–Crippen LogP) is -0.104. The predicted molar refractivity (Wildman–Crippen MR) is 54.7 cm³/mol. The zero-order valence-corrected chi connectivity index (χ0v) is 9.61. The molecule has 3 atom stereocenters. The highest BCUT2D eigenvalue weighted by Crippen LogP contribution is 2.43. The normalized spacial score (nSPS) is 37.5. The van der Waals surface area contributed by atoms with Crippen molar-refractivity contribution >= 4 is 0 Å². The fourth-order valence-corrected chi connectivity index (χ4v) is 2.20. The fraction of sp³-hybridized carbons (Fsp3) is 1.00. The molecule has 0 aromatic heterocycles. The molecule has 2 fully saturated rings. The molecule has 17 heavy (non-hydrogen) atoms. The molecule has 1 unspecified atom stereocenters. The van der Waals surface area contributed by atoms with Crippen LogP contribution in [0.15, 0.2) is 5.11 Å². The van der Waals surface area contributed by atoms with Crippen molar-refractivity contribution in [2.24, 2.45) is 5.11 Å². The van der Waals surface area contributed by atoms with Crippen LogP contribution in [0.5, 0.6) is 0 Å². The minimum atomic E-state index is -1.35. The number of nitrogens with zero attached hydrogens (tertiary/aromatic N) is 3. The van der Waals surface area contributed by atoms with E-state index in [1.807, 2.05) is 0 Å². The van der Waals surface area contributed by atoms with E-state index >= 15 is 0 Å². The molecule has 0 aliphatic carbocycles. The Labute approximate surface area is 97.7 Å². The first kappa shape index (κ1) is 12.6. The third-order valence-electron chi connectivity index (χ3n) is 3.00. The van der Waals surface area contributed by atoms with Crippen molar-refractivity contribution in [2.75, 3.05) is 13.2 Å². The molecule has 0 aromatic carbocycles. The summed E-state index contributed by atoms with van der Waals surface area (Å²) in [6.07, 6.45) is -1.38. The van der Waals surface area contributed by atoms with Gasteiger partial charge in [-0.15, -0.1) is 0 Å². The van der Waals surface area contributed by atoms with Gasteiger partial charge in [0.15, 0.2) is 12.1 Å². The summed E-state index contributed by atoms with van der Waals surface area (Å²) in [6, 6.07) is -0.825. The van der Waals surface area contributed by atoms with E-state index in [1.165, 1.54) is 0 Å². The molecule has 2 rings (SSSR count). The topological polar surface area (TPSA) is 117 Å². The van der Waals surface area contributed by atoms with Crippen LogP contribution in [0.1, 0.15) is 13.8 Å². The second-order valence-electron chi connectivity index (χ2n) is 4.62. The quantitative estimate of drug-likeness (QED) is 0.409. The molecule has 0 radical (unpaired) electrons. The summed E-state index contributed by atoms with van der Waals surface area (Å²) in [5, 5.41) is 22.2. The third-order valence-corrected chi connectivity index (χ3v) is 3.00. The summed E-state index contributed by atoms with van der Waals surface area (Å²) >= 11 is 0. The molecule has 0 amide bonds. The SMILES string of the molecule is CC1(C)O[C@H]2OC(CO)(CO)C(N=[N+]=[N-])[C@@H]2O1. The van der Waals surface area contributed by atoms with Crippen LogP contribution in [0.25, 0.3) is 10.4 Å². The van der Waals surface area contributed by atoms with Gasteiger partial charge < -0.3 is 24.4 Å². The summed E-state index contributed by atoms with van der Waals surface area (Å²) in [5.41, 5.74) is 7.19. The maximum absolute atomic E-state index is 9.32. The van der Waals surface area contributed by atoms with Gasteiger partial charge in [-0.1, -0.05) is 5.11 Å². The standard InChI is InChI=1S/C9H15N3O5/c1-8(2)15-5-6(11-12-10)9(3-13,4-14)17-7(5)16-8/h5-7,13-14H,3-4H2,1-2H3/t5-,6?,7-/m0/s1. The number of aliphatic hydroxyl groups excluding tert-OH is 2. The van der Waals surface area contributed by atoms with Gasteiger partial charge in [-0.2, -0.15) is 0 Å². The van der Waals surface area contributed by atoms with Crippen LogP contribution < -0.4 is 0 Å². The first-order valence-corrected chi connectivity index (χ1v) is 5.27. The van der Waals surface area contributed by atoms with Gasteiger partial charge in [0, 0.05) is 4.91 Å². The summed E-state index contributed by atoms with van der Waals surface area (Å²) in [6.45, 7) is 2.46. The summed E-state index contributed by atoms with van der Waals surface area (Å²) in [5.74, 6) is -0.838. The molecule has 2 N–H and O–H groups in total. The van der Waals surface area contributed by atoms with Crippen LogP contribution in [-0.4, -0.2) is 53.3 Å². The van der Waals surface area contributed by atoms with E-state index in [2.05, 4.69) is 10.0 Å². The van der Waals surface area contributed by atoms with E-state index in [-0.39, 0.29) is 0 Å². The van der Waals surface area contributed by atoms with Gasteiger partial charge >= 0.3 is 0 Å². The van der Waals surface area contributed by atoms with Crippen LogP contribution in [-0.2, 0) is 14.2 Å². The Morgan fingerprint density at radius 1 is 1.24 bits per heavy atom. The molecule has 96 valence electrons. The van der Waals surface area contributed by atoms with Crippen LogP contribution >= 0.6 is 0 Å². The van der Waals surface area contributed by atoms with Gasteiger partial charge in [0.25, 0.3) is 0 Å².